The van der Waals surface area contributed by atoms with Crippen LogP contribution in [0.5, 0.6) is 0 Å². The van der Waals surface area contributed by atoms with Gasteiger partial charge in [0.05, 0.1) is 5.56 Å². The molecule has 0 saturated heterocycles. The lowest BCUT2D eigenvalue weighted by atomic mass is 10.2. The van der Waals surface area contributed by atoms with Crippen molar-refractivity contribution in [2.24, 2.45) is 0 Å². The Balaban J connectivity index is 2.20. The summed E-state index contributed by atoms with van der Waals surface area (Å²) in [6.45, 7) is 2.69. The largest absolute Gasteiger partial charge is 0.337 e. The number of pyridine rings is 1. The van der Waals surface area contributed by atoms with Crippen molar-refractivity contribution in [1.29, 1.82) is 0 Å². The number of aromatic nitrogens is 1. The lowest BCUT2D eigenvalue weighted by Crippen LogP contribution is -2.47. The Morgan fingerprint density at radius 2 is 2.11 bits per heavy atom. The maximum absolute atomic E-state index is 11.5. The molecule has 0 fully saturated rings. The van der Waals surface area contributed by atoms with Gasteiger partial charge < -0.3 is 5.32 Å². The summed E-state index contributed by atoms with van der Waals surface area (Å²) < 4.78 is 0. The number of urea groups is 1. The van der Waals surface area contributed by atoms with Crippen molar-refractivity contribution in [3.05, 3.63) is 30.1 Å². The van der Waals surface area contributed by atoms with E-state index in [9.17, 15) is 9.59 Å². The van der Waals surface area contributed by atoms with Crippen LogP contribution in [0.3, 0.4) is 0 Å². The van der Waals surface area contributed by atoms with Crippen LogP contribution >= 0.6 is 0 Å². The van der Waals surface area contributed by atoms with E-state index in [-0.39, 0.29) is 0 Å². The molecule has 1 rings (SSSR count). The van der Waals surface area contributed by atoms with Crippen molar-refractivity contribution in [2.75, 3.05) is 6.54 Å². The number of nitrogens with one attached hydrogen (secondary N) is 3. The SMILES string of the molecule is CCCCCNC(=O)NNC(=O)c1cccnc1. The number of hydrogen-bond donors (Lipinski definition) is 3. The van der Waals surface area contributed by atoms with Crippen molar-refractivity contribution in [1.82, 2.24) is 21.2 Å². The first-order valence-corrected chi connectivity index (χ1v) is 5.98. The first-order chi connectivity index (χ1) is 8.74. The van der Waals surface area contributed by atoms with E-state index in [2.05, 4.69) is 28.1 Å². The van der Waals surface area contributed by atoms with Crippen LogP contribution in [-0.2, 0) is 0 Å². The monoisotopic (exact) mass is 250 g/mol. The van der Waals surface area contributed by atoms with Crippen molar-refractivity contribution in [2.45, 2.75) is 26.2 Å². The second-order valence-corrected chi connectivity index (χ2v) is 3.78. The third-order valence-corrected chi connectivity index (χ3v) is 2.28. The molecule has 0 radical (unpaired) electrons. The highest BCUT2D eigenvalue weighted by atomic mass is 16.2. The zero-order valence-corrected chi connectivity index (χ0v) is 10.4. The minimum Gasteiger partial charge on any atom is -0.337 e. The van der Waals surface area contributed by atoms with Crippen molar-refractivity contribution in [3.63, 3.8) is 0 Å². The lowest BCUT2D eigenvalue weighted by Gasteiger charge is -2.08. The quantitative estimate of drug-likeness (QED) is 0.542. The maximum atomic E-state index is 11.5. The molecule has 0 atom stereocenters. The molecule has 1 heterocycles. The van der Waals surface area contributed by atoms with Gasteiger partial charge in [0.15, 0.2) is 0 Å². The second kappa shape index (κ2) is 8.05. The number of carbonyl (C=O) groups is 2. The zero-order valence-electron chi connectivity index (χ0n) is 10.4. The molecule has 6 heteroatoms. The van der Waals surface area contributed by atoms with Crippen LogP contribution < -0.4 is 16.2 Å². The second-order valence-electron chi connectivity index (χ2n) is 3.78. The Labute approximate surface area is 106 Å². The van der Waals surface area contributed by atoms with E-state index in [1.165, 1.54) is 6.20 Å². The molecular weight excluding hydrogens is 232 g/mol. The number of unbranched alkanes of at least 4 members (excludes halogenated alkanes) is 2. The number of amides is 3. The van der Waals surface area contributed by atoms with Gasteiger partial charge in [-0.25, -0.2) is 10.2 Å². The van der Waals surface area contributed by atoms with Gasteiger partial charge in [-0.05, 0) is 18.6 Å². The van der Waals surface area contributed by atoms with Crippen LogP contribution in [0, 0.1) is 0 Å². The molecule has 0 aliphatic carbocycles. The fourth-order valence-corrected chi connectivity index (χ4v) is 1.30. The third kappa shape index (κ3) is 5.29. The highest BCUT2D eigenvalue weighted by molar-refractivity contribution is 5.94. The van der Waals surface area contributed by atoms with Gasteiger partial charge in [-0.3, -0.25) is 15.2 Å². The summed E-state index contributed by atoms with van der Waals surface area (Å²) in [7, 11) is 0. The molecule has 1 aromatic rings. The molecule has 0 aromatic carbocycles. The molecule has 0 aliphatic rings. The minimum absolute atomic E-state index is 0.392. The fraction of sp³-hybridized carbons (Fsp3) is 0.417. The van der Waals surface area contributed by atoms with Gasteiger partial charge in [0, 0.05) is 18.9 Å². The van der Waals surface area contributed by atoms with E-state index in [0.717, 1.165) is 19.3 Å². The molecule has 0 bridgehead atoms. The normalized spacial score (nSPS) is 9.61. The molecule has 0 aliphatic heterocycles. The van der Waals surface area contributed by atoms with E-state index in [0.29, 0.717) is 12.1 Å². The van der Waals surface area contributed by atoms with Gasteiger partial charge in [0.25, 0.3) is 5.91 Å². The summed E-state index contributed by atoms with van der Waals surface area (Å²) in [5.74, 6) is -0.396. The smallest absolute Gasteiger partial charge is 0.333 e. The molecular formula is C12H18N4O2. The summed E-state index contributed by atoms with van der Waals surface area (Å²) in [4.78, 5) is 26.6. The number of nitrogens with zero attached hydrogens (tertiary/aromatic N) is 1. The van der Waals surface area contributed by atoms with Crippen LogP contribution in [0.15, 0.2) is 24.5 Å². The first-order valence-electron chi connectivity index (χ1n) is 5.98. The minimum atomic E-state index is -0.414. The molecule has 3 N–H and O–H groups in total. The van der Waals surface area contributed by atoms with Gasteiger partial charge in [0.1, 0.15) is 0 Å². The van der Waals surface area contributed by atoms with E-state index in [4.69, 9.17) is 0 Å². The van der Waals surface area contributed by atoms with Crippen molar-refractivity contribution < 1.29 is 9.59 Å². The van der Waals surface area contributed by atoms with Crippen molar-refractivity contribution in [3.8, 4) is 0 Å². The van der Waals surface area contributed by atoms with Crippen LogP contribution in [-0.4, -0.2) is 23.5 Å². The summed E-state index contributed by atoms with van der Waals surface area (Å²) in [5, 5.41) is 2.64. The Morgan fingerprint density at radius 1 is 1.28 bits per heavy atom. The topological polar surface area (TPSA) is 83.1 Å². The summed E-state index contributed by atoms with van der Waals surface area (Å²) >= 11 is 0. The Morgan fingerprint density at radius 3 is 2.78 bits per heavy atom. The summed E-state index contributed by atoms with van der Waals surface area (Å²) in [5.41, 5.74) is 4.97. The molecule has 3 amide bonds. The molecule has 98 valence electrons. The van der Waals surface area contributed by atoms with E-state index in [1.807, 2.05) is 0 Å². The van der Waals surface area contributed by atoms with Gasteiger partial charge in [0.2, 0.25) is 0 Å². The summed E-state index contributed by atoms with van der Waals surface area (Å²) in [6, 6.07) is 2.85. The Bertz CT molecular complexity index is 381. The molecule has 18 heavy (non-hydrogen) atoms. The van der Waals surface area contributed by atoms with Gasteiger partial charge in [-0.2, -0.15) is 0 Å². The van der Waals surface area contributed by atoms with Crippen molar-refractivity contribution >= 4 is 11.9 Å². The summed E-state index contributed by atoms with van der Waals surface area (Å²) in [6.07, 6.45) is 6.10. The predicted molar refractivity (Wildman–Crippen MR) is 67.8 cm³/mol. The van der Waals surface area contributed by atoms with Crippen LogP contribution in [0.2, 0.25) is 0 Å². The Kier molecular flexibility index (Phi) is 6.24. The van der Waals surface area contributed by atoms with Gasteiger partial charge in [-0.1, -0.05) is 19.8 Å². The average molecular weight is 250 g/mol. The highest BCUT2D eigenvalue weighted by Crippen LogP contribution is 1.93. The zero-order chi connectivity index (χ0) is 13.2. The van der Waals surface area contributed by atoms with Crippen LogP contribution in [0.1, 0.15) is 36.5 Å². The standard InChI is InChI=1S/C12H18N4O2/c1-2-3-4-8-14-12(18)16-15-11(17)10-6-5-7-13-9-10/h5-7,9H,2-4,8H2,1H3,(H,15,17)(H2,14,16,18). The van der Waals surface area contributed by atoms with E-state index >= 15 is 0 Å². The fourth-order valence-electron chi connectivity index (χ4n) is 1.30. The van der Waals surface area contributed by atoms with Gasteiger partial charge >= 0.3 is 6.03 Å². The Hall–Kier alpha value is -2.11. The number of hydrazine groups is 1. The molecule has 0 saturated carbocycles. The van der Waals surface area contributed by atoms with Crippen LogP contribution in [0.25, 0.3) is 0 Å². The number of hydrogen-bond acceptors (Lipinski definition) is 3. The number of carbonyl (C=O) groups excluding carboxylic acids is 2. The first kappa shape index (κ1) is 14.0. The predicted octanol–water partition coefficient (Wildman–Crippen LogP) is 1.22. The molecule has 0 unspecified atom stereocenters. The third-order valence-electron chi connectivity index (χ3n) is 2.28. The highest BCUT2D eigenvalue weighted by Gasteiger charge is 2.05. The lowest BCUT2D eigenvalue weighted by molar-refractivity contribution is 0.0936. The van der Waals surface area contributed by atoms with E-state index < -0.39 is 11.9 Å². The average Bonchev–Trinajstić information content (AvgIpc) is 2.42. The number of rotatable bonds is 5. The van der Waals surface area contributed by atoms with Crippen LogP contribution in [0.4, 0.5) is 4.79 Å². The molecule has 6 nitrogen and oxygen atoms in total. The van der Waals surface area contributed by atoms with E-state index in [1.54, 1.807) is 18.3 Å². The maximum Gasteiger partial charge on any atom is 0.333 e. The molecule has 0 spiro atoms. The van der Waals surface area contributed by atoms with Gasteiger partial charge in [-0.15, -0.1) is 0 Å². The molecule has 1 aromatic heterocycles.